The van der Waals surface area contributed by atoms with Crippen molar-refractivity contribution in [1.82, 2.24) is 4.90 Å². The number of carbonyl (C=O) groups excluding carboxylic acids is 3. The van der Waals surface area contributed by atoms with Gasteiger partial charge in [-0.2, -0.15) is 0 Å². The molecular weight excluding hydrogens is 336 g/mol. The smallest absolute Gasteiger partial charge is 0.263 e. The molecule has 1 aliphatic heterocycles. The summed E-state index contributed by atoms with van der Waals surface area (Å²) in [6, 6.07) is 10.6. The van der Waals surface area contributed by atoms with Crippen LogP contribution in [0.25, 0.3) is 0 Å². The normalized spacial score (nSPS) is 17.2. The molecule has 0 bridgehead atoms. The number of ketones is 1. The molecule has 1 aromatic heterocycles. The Bertz CT molecular complexity index is 786. The maximum atomic E-state index is 12.6. The number of thiophene rings is 1. The highest BCUT2D eigenvalue weighted by atomic mass is 32.1. The third kappa shape index (κ3) is 3.96. The van der Waals surface area contributed by atoms with Gasteiger partial charge in [-0.05, 0) is 43.3 Å². The molecule has 1 aromatic carbocycles. The number of nitrogens with zero attached hydrogens (tertiary/aromatic N) is 1. The van der Waals surface area contributed by atoms with Crippen LogP contribution >= 0.6 is 11.3 Å². The zero-order valence-corrected chi connectivity index (χ0v) is 14.8. The van der Waals surface area contributed by atoms with E-state index in [-0.39, 0.29) is 23.5 Å². The van der Waals surface area contributed by atoms with Gasteiger partial charge in [0.05, 0.1) is 16.5 Å². The Morgan fingerprint density at radius 3 is 2.68 bits per heavy atom. The van der Waals surface area contributed by atoms with Crippen molar-refractivity contribution in [2.24, 2.45) is 5.92 Å². The number of piperidine rings is 1. The van der Waals surface area contributed by atoms with E-state index in [1.54, 1.807) is 35.2 Å². The average molecular weight is 356 g/mol. The summed E-state index contributed by atoms with van der Waals surface area (Å²) in [5.74, 6) is -0.513. The van der Waals surface area contributed by atoms with Gasteiger partial charge in [-0.1, -0.05) is 18.2 Å². The Hall–Kier alpha value is -2.47. The van der Waals surface area contributed by atoms with Crippen molar-refractivity contribution in [2.45, 2.75) is 19.8 Å². The second kappa shape index (κ2) is 7.61. The van der Waals surface area contributed by atoms with Crippen LogP contribution in [0.15, 0.2) is 41.8 Å². The molecule has 0 spiro atoms. The minimum absolute atomic E-state index is 0.0170. The van der Waals surface area contributed by atoms with E-state index in [9.17, 15) is 14.4 Å². The van der Waals surface area contributed by atoms with Gasteiger partial charge in [0.2, 0.25) is 5.91 Å². The van der Waals surface area contributed by atoms with Crippen LogP contribution in [-0.2, 0) is 4.79 Å². The summed E-state index contributed by atoms with van der Waals surface area (Å²) in [6.45, 7) is 2.56. The monoisotopic (exact) mass is 356 g/mol. The van der Waals surface area contributed by atoms with E-state index in [2.05, 4.69) is 5.32 Å². The van der Waals surface area contributed by atoms with E-state index in [4.69, 9.17) is 0 Å². The van der Waals surface area contributed by atoms with Crippen LogP contribution in [0.5, 0.6) is 0 Å². The number of amides is 2. The molecule has 6 heteroatoms. The highest BCUT2D eigenvalue weighted by molar-refractivity contribution is 7.12. The summed E-state index contributed by atoms with van der Waals surface area (Å²) in [6.07, 6.45) is 1.53. The zero-order chi connectivity index (χ0) is 17.8. The van der Waals surface area contributed by atoms with Crippen molar-refractivity contribution < 1.29 is 14.4 Å². The Kier molecular flexibility index (Phi) is 5.28. The fourth-order valence-corrected chi connectivity index (χ4v) is 3.76. The number of anilines is 1. The SMILES string of the molecule is CC(=O)c1ccccc1NC(=O)[C@@H]1CCCN(C(=O)c2cccs2)C1. The topological polar surface area (TPSA) is 66.5 Å². The molecule has 0 saturated carbocycles. The predicted octanol–water partition coefficient (Wildman–Crippen LogP) is 3.44. The number of benzene rings is 1. The van der Waals surface area contributed by atoms with Gasteiger partial charge in [0.1, 0.15) is 0 Å². The number of rotatable bonds is 4. The van der Waals surface area contributed by atoms with Crippen molar-refractivity contribution in [1.29, 1.82) is 0 Å². The van der Waals surface area contributed by atoms with Crippen molar-refractivity contribution in [3.8, 4) is 0 Å². The third-order valence-corrected chi connectivity index (χ3v) is 5.23. The van der Waals surface area contributed by atoms with Crippen molar-refractivity contribution >= 4 is 34.6 Å². The highest BCUT2D eigenvalue weighted by Crippen LogP contribution is 2.23. The molecule has 1 N–H and O–H groups in total. The summed E-state index contributed by atoms with van der Waals surface area (Å²) >= 11 is 1.41. The Balaban J connectivity index is 1.68. The number of Topliss-reactive ketones (excluding diaryl/α,β-unsaturated/α-hetero) is 1. The van der Waals surface area contributed by atoms with E-state index in [0.29, 0.717) is 29.2 Å². The molecule has 0 unspecified atom stereocenters. The first-order valence-electron chi connectivity index (χ1n) is 8.30. The molecule has 1 atom stereocenters. The average Bonchev–Trinajstić information content (AvgIpc) is 3.16. The summed E-state index contributed by atoms with van der Waals surface area (Å²) in [5.41, 5.74) is 1.03. The van der Waals surface area contributed by atoms with Crippen molar-refractivity contribution in [3.63, 3.8) is 0 Å². The second-order valence-corrected chi connectivity index (χ2v) is 7.11. The van der Waals surface area contributed by atoms with Crippen molar-refractivity contribution in [3.05, 3.63) is 52.2 Å². The van der Waals surface area contributed by atoms with E-state index >= 15 is 0 Å². The number of carbonyl (C=O) groups is 3. The number of hydrogen-bond donors (Lipinski definition) is 1. The maximum Gasteiger partial charge on any atom is 0.263 e. The minimum atomic E-state index is -0.266. The first-order valence-corrected chi connectivity index (χ1v) is 9.18. The van der Waals surface area contributed by atoms with E-state index in [0.717, 1.165) is 12.8 Å². The lowest BCUT2D eigenvalue weighted by molar-refractivity contribution is -0.121. The molecule has 25 heavy (non-hydrogen) atoms. The lowest BCUT2D eigenvalue weighted by Gasteiger charge is -2.31. The standard InChI is InChI=1S/C19H20N2O3S/c1-13(22)15-7-2-3-8-16(15)20-18(23)14-6-4-10-21(12-14)19(24)17-9-5-11-25-17/h2-3,5,7-9,11,14H,4,6,10,12H2,1H3,(H,20,23)/t14-/m1/s1. The van der Waals surface area contributed by atoms with Crippen LogP contribution < -0.4 is 5.32 Å². The molecule has 0 radical (unpaired) electrons. The van der Waals surface area contributed by atoms with E-state index in [1.807, 2.05) is 11.4 Å². The largest absolute Gasteiger partial charge is 0.337 e. The van der Waals surface area contributed by atoms with Crippen LogP contribution in [0.4, 0.5) is 5.69 Å². The van der Waals surface area contributed by atoms with Crippen molar-refractivity contribution in [2.75, 3.05) is 18.4 Å². The minimum Gasteiger partial charge on any atom is -0.337 e. The van der Waals surface area contributed by atoms with Gasteiger partial charge in [0.15, 0.2) is 5.78 Å². The number of nitrogens with one attached hydrogen (secondary N) is 1. The highest BCUT2D eigenvalue weighted by Gasteiger charge is 2.29. The summed E-state index contributed by atoms with van der Waals surface area (Å²) in [5, 5.41) is 4.74. The maximum absolute atomic E-state index is 12.6. The molecule has 0 aliphatic carbocycles. The molecule has 1 saturated heterocycles. The molecule has 2 amide bonds. The number of likely N-dealkylation sites (tertiary alicyclic amines) is 1. The molecule has 5 nitrogen and oxygen atoms in total. The van der Waals surface area contributed by atoms with Gasteiger partial charge < -0.3 is 10.2 Å². The fourth-order valence-electron chi connectivity index (χ4n) is 3.07. The fraction of sp³-hybridized carbons (Fsp3) is 0.316. The van der Waals surface area contributed by atoms with Crippen LogP contribution in [0.3, 0.4) is 0 Å². The molecule has 130 valence electrons. The van der Waals surface area contributed by atoms with E-state index < -0.39 is 0 Å². The van der Waals surface area contributed by atoms with Crippen LogP contribution in [0.2, 0.25) is 0 Å². The molecule has 3 rings (SSSR count). The zero-order valence-electron chi connectivity index (χ0n) is 14.0. The third-order valence-electron chi connectivity index (χ3n) is 4.38. The first-order chi connectivity index (χ1) is 12.1. The number of para-hydroxylation sites is 1. The van der Waals surface area contributed by atoms with Crippen LogP contribution in [-0.4, -0.2) is 35.6 Å². The molecule has 1 fully saturated rings. The molecular formula is C19H20N2O3S. The van der Waals surface area contributed by atoms with Crippen LogP contribution in [0, 0.1) is 5.92 Å². The lowest BCUT2D eigenvalue weighted by atomic mass is 9.96. The summed E-state index contributed by atoms with van der Waals surface area (Å²) < 4.78 is 0. The Morgan fingerprint density at radius 1 is 1.16 bits per heavy atom. The van der Waals surface area contributed by atoms with Crippen LogP contribution in [0.1, 0.15) is 39.8 Å². The molecule has 2 heterocycles. The van der Waals surface area contributed by atoms with E-state index in [1.165, 1.54) is 18.3 Å². The van der Waals surface area contributed by atoms with Gasteiger partial charge in [-0.15, -0.1) is 11.3 Å². The van der Waals surface area contributed by atoms with Gasteiger partial charge in [0, 0.05) is 18.7 Å². The summed E-state index contributed by atoms with van der Waals surface area (Å²) in [4.78, 5) is 39.3. The summed E-state index contributed by atoms with van der Waals surface area (Å²) in [7, 11) is 0. The molecule has 1 aliphatic rings. The predicted molar refractivity (Wildman–Crippen MR) is 98.0 cm³/mol. The first kappa shape index (κ1) is 17.4. The van der Waals surface area contributed by atoms with Gasteiger partial charge in [0.25, 0.3) is 5.91 Å². The quantitative estimate of drug-likeness (QED) is 0.854. The van der Waals surface area contributed by atoms with Gasteiger partial charge >= 0.3 is 0 Å². The molecule has 2 aromatic rings. The second-order valence-electron chi connectivity index (χ2n) is 6.16. The lowest BCUT2D eigenvalue weighted by Crippen LogP contribution is -2.43. The Labute approximate surface area is 150 Å². The van der Waals surface area contributed by atoms with Gasteiger partial charge in [-0.25, -0.2) is 0 Å². The van der Waals surface area contributed by atoms with Gasteiger partial charge in [-0.3, -0.25) is 14.4 Å². The Morgan fingerprint density at radius 2 is 1.96 bits per heavy atom. The number of hydrogen-bond acceptors (Lipinski definition) is 4.